The van der Waals surface area contributed by atoms with E-state index in [0.717, 1.165) is 17.4 Å². The molecule has 18 heavy (non-hydrogen) atoms. The molecule has 2 aromatic rings. The van der Waals surface area contributed by atoms with E-state index >= 15 is 0 Å². The first-order valence-corrected chi connectivity index (χ1v) is 6.92. The van der Waals surface area contributed by atoms with Crippen LogP contribution in [-0.2, 0) is 0 Å². The maximum atomic E-state index is 4.06. The van der Waals surface area contributed by atoms with Crippen molar-refractivity contribution in [3.8, 4) is 0 Å². The molecule has 3 atom stereocenters. The molecular formula is C15H21N3. The first kappa shape index (κ1) is 11.6. The highest BCUT2D eigenvalue weighted by Gasteiger charge is 2.24. The summed E-state index contributed by atoms with van der Waals surface area (Å²) in [7, 11) is 0. The average Bonchev–Trinajstić information content (AvgIpc) is 2.81. The zero-order valence-corrected chi connectivity index (χ0v) is 11.1. The summed E-state index contributed by atoms with van der Waals surface area (Å²) >= 11 is 0. The number of aromatic nitrogens is 2. The smallest absolute Gasteiger partial charge is 0.0670 e. The second-order valence-corrected chi connectivity index (χ2v) is 5.78. The highest BCUT2D eigenvalue weighted by Crippen LogP contribution is 2.31. The van der Waals surface area contributed by atoms with E-state index in [4.69, 9.17) is 0 Å². The van der Waals surface area contributed by atoms with Gasteiger partial charge in [0.1, 0.15) is 0 Å². The van der Waals surface area contributed by atoms with Gasteiger partial charge in [-0.1, -0.05) is 13.8 Å². The van der Waals surface area contributed by atoms with Gasteiger partial charge in [-0.25, -0.2) is 0 Å². The maximum absolute atomic E-state index is 4.06. The van der Waals surface area contributed by atoms with Crippen LogP contribution in [0.1, 0.15) is 33.1 Å². The molecule has 2 N–H and O–H groups in total. The SMILES string of the molecule is CC1CCC(Nc2ccc3cn[nH]c3c2)CC1C. The molecule has 96 valence electrons. The third kappa shape index (κ3) is 2.22. The zero-order chi connectivity index (χ0) is 12.5. The number of H-pyrrole nitrogens is 1. The van der Waals surface area contributed by atoms with E-state index in [0.29, 0.717) is 6.04 Å². The Labute approximate surface area is 108 Å². The molecule has 3 nitrogen and oxygen atoms in total. The highest BCUT2D eigenvalue weighted by molar-refractivity contribution is 5.81. The van der Waals surface area contributed by atoms with Gasteiger partial charge in [0.05, 0.1) is 11.7 Å². The summed E-state index contributed by atoms with van der Waals surface area (Å²) in [6, 6.07) is 7.05. The molecule has 0 spiro atoms. The summed E-state index contributed by atoms with van der Waals surface area (Å²) in [6.45, 7) is 4.74. The van der Waals surface area contributed by atoms with Crippen LogP contribution in [-0.4, -0.2) is 16.2 Å². The molecule has 1 aromatic carbocycles. The summed E-state index contributed by atoms with van der Waals surface area (Å²) in [5.74, 6) is 1.70. The van der Waals surface area contributed by atoms with Gasteiger partial charge in [-0.3, -0.25) is 5.10 Å². The first-order valence-electron chi connectivity index (χ1n) is 6.92. The molecule has 3 unspecified atom stereocenters. The summed E-state index contributed by atoms with van der Waals surface area (Å²) in [4.78, 5) is 0. The van der Waals surface area contributed by atoms with Crippen molar-refractivity contribution in [2.45, 2.75) is 39.2 Å². The van der Waals surface area contributed by atoms with Gasteiger partial charge in [0.15, 0.2) is 0 Å². The van der Waals surface area contributed by atoms with Crippen LogP contribution in [0.4, 0.5) is 5.69 Å². The van der Waals surface area contributed by atoms with Gasteiger partial charge in [0.2, 0.25) is 0 Å². The van der Waals surface area contributed by atoms with Crippen LogP contribution in [0.2, 0.25) is 0 Å². The Morgan fingerprint density at radius 3 is 2.94 bits per heavy atom. The van der Waals surface area contributed by atoms with Crippen LogP contribution >= 0.6 is 0 Å². The minimum absolute atomic E-state index is 0.622. The fourth-order valence-electron chi connectivity index (χ4n) is 2.94. The fraction of sp³-hybridized carbons (Fsp3) is 0.533. The largest absolute Gasteiger partial charge is 0.382 e. The Kier molecular flexibility index (Phi) is 2.98. The standard InChI is InChI=1S/C15H21N3/c1-10-3-5-13(7-11(10)2)17-14-6-4-12-9-16-18-15(12)8-14/h4,6,8-11,13,17H,3,5,7H2,1-2H3,(H,16,18). The molecule has 0 bridgehead atoms. The first-order chi connectivity index (χ1) is 8.72. The predicted octanol–water partition coefficient (Wildman–Crippen LogP) is 3.80. The summed E-state index contributed by atoms with van der Waals surface area (Å²) in [5.41, 5.74) is 2.32. The lowest BCUT2D eigenvalue weighted by atomic mass is 9.79. The molecule has 0 aliphatic heterocycles. The molecule has 1 fully saturated rings. The molecule has 0 radical (unpaired) electrons. The number of hydrogen-bond donors (Lipinski definition) is 2. The molecule has 3 rings (SSSR count). The number of anilines is 1. The van der Waals surface area contributed by atoms with Crippen molar-refractivity contribution in [2.24, 2.45) is 11.8 Å². The van der Waals surface area contributed by atoms with Crippen LogP contribution in [0.5, 0.6) is 0 Å². The molecule has 1 heterocycles. The topological polar surface area (TPSA) is 40.7 Å². The lowest BCUT2D eigenvalue weighted by Gasteiger charge is -2.33. The Hall–Kier alpha value is -1.51. The van der Waals surface area contributed by atoms with Crippen molar-refractivity contribution in [3.63, 3.8) is 0 Å². The minimum Gasteiger partial charge on any atom is -0.382 e. The average molecular weight is 243 g/mol. The normalized spacial score (nSPS) is 28.4. The summed E-state index contributed by atoms with van der Waals surface area (Å²) in [6.07, 6.45) is 5.77. The lowest BCUT2D eigenvalue weighted by molar-refractivity contribution is 0.261. The quantitative estimate of drug-likeness (QED) is 0.842. The van der Waals surface area contributed by atoms with Gasteiger partial charge in [0.25, 0.3) is 0 Å². The molecule has 1 aromatic heterocycles. The summed E-state index contributed by atoms with van der Waals surface area (Å²) in [5, 5.41) is 11.9. The van der Waals surface area contributed by atoms with E-state index in [1.807, 2.05) is 6.20 Å². The van der Waals surface area contributed by atoms with Gasteiger partial charge in [0, 0.05) is 17.1 Å². The Balaban J connectivity index is 1.72. The van der Waals surface area contributed by atoms with Crippen molar-refractivity contribution in [3.05, 3.63) is 24.4 Å². The lowest BCUT2D eigenvalue weighted by Crippen LogP contribution is -2.30. The second-order valence-electron chi connectivity index (χ2n) is 5.78. The maximum Gasteiger partial charge on any atom is 0.0670 e. The molecule has 0 amide bonds. The van der Waals surface area contributed by atoms with Crippen LogP contribution in [0.15, 0.2) is 24.4 Å². The van der Waals surface area contributed by atoms with Gasteiger partial charge < -0.3 is 5.32 Å². The van der Waals surface area contributed by atoms with Gasteiger partial charge in [-0.05, 0) is 49.3 Å². The van der Waals surface area contributed by atoms with E-state index in [1.165, 1.54) is 30.3 Å². The number of rotatable bonds is 2. The molecule has 1 aliphatic carbocycles. The van der Waals surface area contributed by atoms with E-state index in [9.17, 15) is 0 Å². The van der Waals surface area contributed by atoms with Crippen molar-refractivity contribution in [1.82, 2.24) is 10.2 Å². The van der Waals surface area contributed by atoms with Crippen molar-refractivity contribution in [2.75, 3.05) is 5.32 Å². The van der Waals surface area contributed by atoms with Gasteiger partial charge >= 0.3 is 0 Å². The third-order valence-electron chi connectivity index (χ3n) is 4.41. The monoisotopic (exact) mass is 243 g/mol. The number of aromatic amines is 1. The fourth-order valence-corrected chi connectivity index (χ4v) is 2.94. The molecular weight excluding hydrogens is 222 g/mol. The van der Waals surface area contributed by atoms with Gasteiger partial charge in [-0.2, -0.15) is 5.10 Å². The number of nitrogens with one attached hydrogen (secondary N) is 2. The Bertz CT molecular complexity index is 531. The van der Waals surface area contributed by atoms with Crippen molar-refractivity contribution < 1.29 is 0 Å². The zero-order valence-electron chi connectivity index (χ0n) is 11.1. The molecule has 3 heteroatoms. The number of nitrogens with zero attached hydrogens (tertiary/aromatic N) is 1. The van der Waals surface area contributed by atoms with Crippen LogP contribution < -0.4 is 5.32 Å². The van der Waals surface area contributed by atoms with E-state index in [2.05, 4.69) is 47.6 Å². The second kappa shape index (κ2) is 4.63. The summed E-state index contributed by atoms with van der Waals surface area (Å²) < 4.78 is 0. The number of benzene rings is 1. The van der Waals surface area contributed by atoms with Crippen molar-refractivity contribution >= 4 is 16.6 Å². The van der Waals surface area contributed by atoms with E-state index < -0.39 is 0 Å². The van der Waals surface area contributed by atoms with Crippen LogP contribution in [0, 0.1) is 11.8 Å². The highest BCUT2D eigenvalue weighted by atomic mass is 15.1. The van der Waals surface area contributed by atoms with Gasteiger partial charge in [-0.15, -0.1) is 0 Å². The number of hydrogen-bond acceptors (Lipinski definition) is 2. The van der Waals surface area contributed by atoms with Crippen LogP contribution in [0.3, 0.4) is 0 Å². The molecule has 1 aliphatic rings. The minimum atomic E-state index is 0.622. The molecule has 0 saturated heterocycles. The predicted molar refractivity (Wildman–Crippen MR) is 75.7 cm³/mol. The van der Waals surface area contributed by atoms with E-state index in [-0.39, 0.29) is 0 Å². The Morgan fingerprint density at radius 1 is 1.22 bits per heavy atom. The van der Waals surface area contributed by atoms with Crippen LogP contribution in [0.25, 0.3) is 10.9 Å². The third-order valence-corrected chi connectivity index (χ3v) is 4.41. The molecule has 1 saturated carbocycles. The Morgan fingerprint density at radius 2 is 2.11 bits per heavy atom. The van der Waals surface area contributed by atoms with E-state index in [1.54, 1.807) is 0 Å². The van der Waals surface area contributed by atoms with Crippen molar-refractivity contribution in [1.29, 1.82) is 0 Å². The number of fused-ring (bicyclic) bond motifs is 1.